The van der Waals surface area contributed by atoms with Crippen LogP contribution in [0.5, 0.6) is 0 Å². The van der Waals surface area contributed by atoms with Crippen molar-refractivity contribution in [1.29, 1.82) is 0 Å². The lowest BCUT2D eigenvalue weighted by molar-refractivity contribution is -0.146. The van der Waals surface area contributed by atoms with E-state index in [1.807, 2.05) is 6.07 Å². The molecule has 1 aromatic rings. The normalized spacial score (nSPS) is 15.9. The molecular formula is C11H15NO4S2. The van der Waals surface area contributed by atoms with Gasteiger partial charge in [0.25, 0.3) is 0 Å². The lowest BCUT2D eigenvalue weighted by Gasteiger charge is -2.21. The molecule has 0 aliphatic rings. The molecule has 1 unspecified atom stereocenters. The summed E-state index contributed by atoms with van der Waals surface area (Å²) in [5, 5.41) is 0. The van der Waals surface area contributed by atoms with Crippen LogP contribution in [0.4, 0.5) is 0 Å². The molecule has 0 aliphatic carbocycles. The van der Waals surface area contributed by atoms with Crippen molar-refractivity contribution >= 4 is 28.9 Å². The molecule has 1 aromatic carbocycles. The monoisotopic (exact) mass is 289 g/mol. The number of hydrogen-bond acceptors (Lipinski definition) is 6. The van der Waals surface area contributed by atoms with Crippen LogP contribution in [0.15, 0.2) is 34.7 Å². The summed E-state index contributed by atoms with van der Waals surface area (Å²) in [5.41, 5.74) is -0.732. The van der Waals surface area contributed by atoms with Crippen LogP contribution in [0.3, 0.4) is 0 Å². The van der Waals surface area contributed by atoms with Gasteiger partial charge < -0.3 is 4.74 Å². The summed E-state index contributed by atoms with van der Waals surface area (Å²) in [7, 11) is -1.03. The first-order chi connectivity index (χ1) is 8.54. The Bertz CT molecular complexity index is 485. The number of thiol groups is 1. The Labute approximate surface area is 112 Å². The van der Waals surface area contributed by atoms with E-state index >= 15 is 0 Å². The standard InChI is InChI=1S/C11H15NO4S2/c1-11(10(13)15-2,12-18(14)16-17-3)9-7-5-4-6-8-9/h4-8,18H,1-3H3/t11-/m0/s1. The molecule has 0 spiro atoms. The highest BCUT2D eigenvalue weighted by Crippen LogP contribution is 2.27. The van der Waals surface area contributed by atoms with Gasteiger partial charge in [-0.25, -0.2) is 12.6 Å². The molecule has 0 aromatic heterocycles. The van der Waals surface area contributed by atoms with Crippen molar-refractivity contribution in [3.05, 3.63) is 35.9 Å². The molecule has 0 saturated heterocycles. The van der Waals surface area contributed by atoms with Gasteiger partial charge in [0.15, 0.2) is 16.4 Å². The van der Waals surface area contributed by atoms with E-state index in [0.29, 0.717) is 5.56 Å². The molecule has 0 N–H and O–H groups in total. The Morgan fingerprint density at radius 2 is 2.00 bits per heavy atom. The Morgan fingerprint density at radius 1 is 1.39 bits per heavy atom. The number of nitrogens with zero attached hydrogens (tertiary/aromatic N) is 1. The number of ether oxygens (including phenoxy) is 1. The fourth-order valence-electron chi connectivity index (χ4n) is 1.42. The van der Waals surface area contributed by atoms with Crippen LogP contribution >= 0.6 is 12.0 Å². The van der Waals surface area contributed by atoms with Crippen LogP contribution in [-0.2, 0) is 29.6 Å². The van der Waals surface area contributed by atoms with E-state index in [2.05, 4.69) is 4.36 Å². The van der Waals surface area contributed by atoms with Gasteiger partial charge in [0.05, 0.1) is 7.11 Å². The average molecular weight is 289 g/mol. The molecule has 5 nitrogen and oxygen atoms in total. The van der Waals surface area contributed by atoms with Crippen molar-refractivity contribution in [2.45, 2.75) is 12.5 Å². The van der Waals surface area contributed by atoms with Crippen LogP contribution in [0.2, 0.25) is 0 Å². The maximum Gasteiger partial charge on any atom is 0.338 e. The minimum absolute atomic E-state index is 0.582. The molecule has 0 saturated carbocycles. The third kappa shape index (κ3) is 3.47. The van der Waals surface area contributed by atoms with Gasteiger partial charge in [-0.1, -0.05) is 30.3 Å². The summed E-state index contributed by atoms with van der Waals surface area (Å²) in [4.78, 5) is 11.9. The second-order valence-electron chi connectivity index (χ2n) is 3.51. The predicted molar refractivity (Wildman–Crippen MR) is 72.4 cm³/mol. The number of benzene rings is 1. The van der Waals surface area contributed by atoms with Crippen molar-refractivity contribution < 1.29 is 17.4 Å². The van der Waals surface area contributed by atoms with Crippen LogP contribution < -0.4 is 0 Å². The van der Waals surface area contributed by atoms with Gasteiger partial charge in [-0.15, -0.1) is 0 Å². The zero-order valence-electron chi connectivity index (χ0n) is 10.3. The van der Waals surface area contributed by atoms with Gasteiger partial charge in [0.2, 0.25) is 0 Å². The Balaban J connectivity index is 3.24. The molecule has 0 aliphatic heterocycles. The quantitative estimate of drug-likeness (QED) is 0.510. The lowest BCUT2D eigenvalue weighted by atomic mass is 9.93. The summed E-state index contributed by atoms with van der Waals surface area (Å²) in [6, 6.07) is 8.81. The van der Waals surface area contributed by atoms with E-state index in [1.165, 1.54) is 7.11 Å². The molecule has 0 heterocycles. The first kappa shape index (κ1) is 15.0. The maximum atomic E-state index is 11.9. The summed E-state index contributed by atoms with van der Waals surface area (Å²) in [6.07, 6.45) is 1.63. The second kappa shape index (κ2) is 6.77. The molecule has 0 radical (unpaired) electrons. The fraction of sp³-hybridized carbons (Fsp3) is 0.364. The minimum atomic E-state index is -2.29. The summed E-state index contributed by atoms with van der Waals surface area (Å²) >= 11 is 0.935. The van der Waals surface area contributed by atoms with E-state index in [-0.39, 0.29) is 0 Å². The molecule has 1 rings (SSSR count). The Kier molecular flexibility index (Phi) is 5.64. The number of esters is 1. The number of rotatable bonds is 5. The SMILES string of the molecule is COC(=O)[C@@](C)(N=[SH](=O)OSC)c1ccccc1. The van der Waals surface area contributed by atoms with Crippen LogP contribution in [0, 0.1) is 0 Å². The van der Waals surface area contributed by atoms with Crippen molar-refractivity contribution in [1.82, 2.24) is 0 Å². The number of carbonyl (C=O) groups excluding carboxylic acids is 1. The van der Waals surface area contributed by atoms with Crippen molar-refractivity contribution in [3.63, 3.8) is 0 Å². The van der Waals surface area contributed by atoms with Crippen molar-refractivity contribution in [3.8, 4) is 0 Å². The zero-order chi connectivity index (χ0) is 13.6. The van der Waals surface area contributed by atoms with Gasteiger partial charge in [-0.3, -0.25) is 0 Å². The Hall–Kier alpha value is -1.05. The zero-order valence-corrected chi connectivity index (χ0v) is 12.0. The molecule has 2 atom stereocenters. The predicted octanol–water partition coefficient (Wildman–Crippen LogP) is 1.95. The second-order valence-corrected chi connectivity index (χ2v) is 5.11. The summed E-state index contributed by atoms with van der Waals surface area (Å²) < 4.78 is 25.0. The topological polar surface area (TPSA) is 65.0 Å². The Morgan fingerprint density at radius 3 is 2.50 bits per heavy atom. The molecule has 100 valence electrons. The van der Waals surface area contributed by atoms with Crippen molar-refractivity contribution in [2.24, 2.45) is 4.36 Å². The molecule has 0 bridgehead atoms. The average Bonchev–Trinajstić information content (AvgIpc) is 2.38. The van der Waals surface area contributed by atoms with Gasteiger partial charge in [-0.2, -0.15) is 4.36 Å². The number of hydrogen-bond donors (Lipinski definition) is 1. The fourth-order valence-corrected chi connectivity index (χ4v) is 2.59. The number of methoxy groups -OCH3 is 1. The molecular weight excluding hydrogens is 274 g/mol. The first-order valence-electron chi connectivity index (χ1n) is 5.09. The third-order valence-corrected chi connectivity index (χ3v) is 4.01. The number of carbonyl (C=O) groups is 1. The molecule has 0 amide bonds. The van der Waals surface area contributed by atoms with Crippen molar-refractivity contribution in [2.75, 3.05) is 13.4 Å². The highest BCUT2D eigenvalue weighted by molar-refractivity contribution is 7.99. The van der Waals surface area contributed by atoms with E-state index in [0.717, 1.165) is 12.0 Å². The van der Waals surface area contributed by atoms with Crippen LogP contribution in [0.1, 0.15) is 12.5 Å². The highest BCUT2D eigenvalue weighted by Gasteiger charge is 2.36. The summed E-state index contributed by atoms with van der Waals surface area (Å²) in [5.74, 6) is -0.582. The van der Waals surface area contributed by atoms with E-state index in [1.54, 1.807) is 37.4 Å². The summed E-state index contributed by atoms with van der Waals surface area (Å²) in [6.45, 7) is 1.55. The lowest BCUT2D eigenvalue weighted by Crippen LogP contribution is -2.31. The molecule has 0 fully saturated rings. The largest absolute Gasteiger partial charge is 0.467 e. The highest BCUT2D eigenvalue weighted by atomic mass is 32.2. The van der Waals surface area contributed by atoms with E-state index in [4.69, 9.17) is 8.37 Å². The molecule has 18 heavy (non-hydrogen) atoms. The van der Waals surface area contributed by atoms with Gasteiger partial charge in [-0.05, 0) is 12.5 Å². The minimum Gasteiger partial charge on any atom is -0.467 e. The maximum absolute atomic E-state index is 11.9. The van der Waals surface area contributed by atoms with E-state index < -0.39 is 22.4 Å². The van der Waals surface area contributed by atoms with Gasteiger partial charge in [0.1, 0.15) is 0 Å². The van der Waals surface area contributed by atoms with Gasteiger partial charge >= 0.3 is 5.97 Å². The third-order valence-electron chi connectivity index (χ3n) is 2.34. The van der Waals surface area contributed by atoms with Crippen LogP contribution in [-0.4, -0.2) is 23.5 Å². The smallest absolute Gasteiger partial charge is 0.338 e. The van der Waals surface area contributed by atoms with Gasteiger partial charge in [0, 0.05) is 18.3 Å². The molecule has 7 heteroatoms. The van der Waals surface area contributed by atoms with E-state index in [9.17, 15) is 9.00 Å². The first-order valence-corrected chi connectivity index (χ1v) is 7.37. The van der Waals surface area contributed by atoms with Crippen LogP contribution in [0.25, 0.3) is 0 Å².